The Balaban J connectivity index is 0.000000323. The molecule has 2 aromatic heterocycles. The smallest absolute Gasteiger partial charge is 0.318 e. The van der Waals surface area contributed by atoms with Gasteiger partial charge in [-0.15, -0.1) is 0 Å². The van der Waals surface area contributed by atoms with E-state index in [0.717, 1.165) is 19.4 Å². The predicted molar refractivity (Wildman–Crippen MR) is 164 cm³/mol. The highest BCUT2D eigenvalue weighted by atomic mass is 19.1. The van der Waals surface area contributed by atoms with Gasteiger partial charge in [-0.2, -0.15) is 9.97 Å². The van der Waals surface area contributed by atoms with Gasteiger partial charge in [0.15, 0.2) is 5.82 Å². The van der Waals surface area contributed by atoms with Crippen LogP contribution in [-0.4, -0.2) is 81.2 Å². The molecular weight excluding hydrogens is 571 g/mol. The first-order chi connectivity index (χ1) is 21.1. The van der Waals surface area contributed by atoms with Crippen molar-refractivity contribution in [2.75, 3.05) is 38.2 Å². The average molecular weight is 610 g/mol. The second-order valence-electron chi connectivity index (χ2n) is 12.3. The van der Waals surface area contributed by atoms with E-state index in [1.807, 2.05) is 11.8 Å². The molecule has 44 heavy (non-hydrogen) atoms. The molecule has 2 aromatic carbocycles. The van der Waals surface area contributed by atoms with Crippen LogP contribution in [0.5, 0.6) is 11.8 Å². The standard InChI is InChI=1S/C26H26F2N4O3.C7H12FN/c1-4-16-19(27)7-6-14-10-15(33)11-17(20(14)16)22-21(28)23-18(12-29-22)24(31-25(30-23)35-3)32-9-5-8-26(2,34)13-32;8-6-4-7-2-1-3-9(7)5-6/h6-7,10-12,33-34H,4-5,8-9,13H2,1-3H3;6-7H,1-5H2/t;6-,7?/m.1/s1. The third kappa shape index (κ3) is 5.75. The fraction of sp³-hybridized carbons (Fsp3) is 0.485. The molecule has 3 aliphatic rings. The zero-order chi connectivity index (χ0) is 31.2. The Morgan fingerprint density at radius 1 is 1.14 bits per heavy atom. The van der Waals surface area contributed by atoms with E-state index in [1.165, 1.54) is 44.3 Å². The van der Waals surface area contributed by atoms with Crippen molar-refractivity contribution in [1.82, 2.24) is 19.9 Å². The summed E-state index contributed by atoms with van der Waals surface area (Å²) in [5.74, 6) is -0.798. The molecule has 234 valence electrons. The normalized spacial score (nSPS) is 23.6. The van der Waals surface area contributed by atoms with Gasteiger partial charge in [0, 0.05) is 37.4 Å². The number of aliphatic hydroxyl groups is 1. The van der Waals surface area contributed by atoms with Crippen molar-refractivity contribution in [3.05, 3.63) is 47.7 Å². The number of phenolic OH excluding ortho intramolecular Hbond substituents is 1. The van der Waals surface area contributed by atoms with Crippen molar-refractivity contribution >= 4 is 27.5 Å². The maximum absolute atomic E-state index is 16.1. The number of rotatable bonds is 4. The van der Waals surface area contributed by atoms with Gasteiger partial charge in [0.2, 0.25) is 0 Å². The Labute approximate surface area is 254 Å². The summed E-state index contributed by atoms with van der Waals surface area (Å²) >= 11 is 0. The highest BCUT2D eigenvalue weighted by Crippen LogP contribution is 2.39. The van der Waals surface area contributed by atoms with Crippen LogP contribution < -0.4 is 9.64 Å². The van der Waals surface area contributed by atoms with Crippen molar-refractivity contribution in [2.45, 2.75) is 70.2 Å². The molecule has 3 atom stereocenters. The molecular formula is C33H38F3N5O3. The lowest BCUT2D eigenvalue weighted by atomic mass is 9.94. The van der Waals surface area contributed by atoms with Gasteiger partial charge in [0.05, 0.1) is 18.1 Å². The molecule has 0 saturated carbocycles. The lowest BCUT2D eigenvalue weighted by Gasteiger charge is -2.37. The van der Waals surface area contributed by atoms with E-state index in [-0.39, 0.29) is 28.5 Å². The summed E-state index contributed by atoms with van der Waals surface area (Å²) in [5, 5.41) is 22.4. The second-order valence-corrected chi connectivity index (χ2v) is 12.3. The Kier molecular flexibility index (Phi) is 8.27. The lowest BCUT2D eigenvalue weighted by Crippen LogP contribution is -2.46. The van der Waals surface area contributed by atoms with E-state index in [9.17, 15) is 19.0 Å². The molecule has 3 fully saturated rings. The van der Waals surface area contributed by atoms with Crippen LogP contribution in [0.25, 0.3) is 32.9 Å². The van der Waals surface area contributed by atoms with E-state index in [1.54, 1.807) is 13.0 Å². The largest absolute Gasteiger partial charge is 0.508 e. The van der Waals surface area contributed by atoms with Gasteiger partial charge in [-0.05, 0) is 86.5 Å². The van der Waals surface area contributed by atoms with Crippen molar-refractivity contribution < 1.29 is 28.1 Å². The van der Waals surface area contributed by atoms with Crippen LogP contribution in [0.2, 0.25) is 0 Å². The fourth-order valence-corrected chi connectivity index (χ4v) is 7.00. The van der Waals surface area contributed by atoms with Crippen LogP contribution in [0.3, 0.4) is 0 Å². The Morgan fingerprint density at radius 3 is 2.68 bits per heavy atom. The molecule has 5 heterocycles. The first-order valence-electron chi connectivity index (χ1n) is 15.3. The maximum Gasteiger partial charge on any atom is 0.318 e. The number of piperidine rings is 1. The van der Waals surface area contributed by atoms with Crippen LogP contribution >= 0.6 is 0 Å². The second kappa shape index (κ2) is 12.0. The van der Waals surface area contributed by atoms with E-state index in [4.69, 9.17) is 4.74 Å². The predicted octanol–water partition coefficient (Wildman–Crippen LogP) is 5.94. The molecule has 0 aliphatic carbocycles. The number of nitrogens with zero attached hydrogens (tertiary/aromatic N) is 5. The Bertz CT molecular complexity index is 1690. The number of methoxy groups -OCH3 is 1. The fourth-order valence-electron chi connectivity index (χ4n) is 7.00. The summed E-state index contributed by atoms with van der Waals surface area (Å²) in [6.07, 6.45) is 6.07. The number of hydrogen-bond donors (Lipinski definition) is 2. The number of halogens is 3. The minimum Gasteiger partial charge on any atom is -0.508 e. The van der Waals surface area contributed by atoms with Gasteiger partial charge in [0.1, 0.15) is 34.8 Å². The maximum atomic E-state index is 16.1. The topological polar surface area (TPSA) is 94.8 Å². The van der Waals surface area contributed by atoms with Crippen LogP contribution in [-0.2, 0) is 6.42 Å². The zero-order valence-electron chi connectivity index (χ0n) is 25.3. The summed E-state index contributed by atoms with van der Waals surface area (Å²) in [4.78, 5) is 17.3. The zero-order valence-corrected chi connectivity index (χ0v) is 25.3. The number of aromatic hydroxyl groups is 1. The molecule has 7 rings (SSSR count). The molecule has 0 radical (unpaired) electrons. The van der Waals surface area contributed by atoms with Crippen molar-refractivity contribution in [3.63, 3.8) is 0 Å². The number of pyridine rings is 1. The Hall–Kier alpha value is -3.70. The molecule has 11 heteroatoms. The first kappa shape index (κ1) is 30.3. The highest BCUT2D eigenvalue weighted by molar-refractivity contribution is 6.01. The molecule has 2 unspecified atom stereocenters. The number of ether oxygens (including phenoxy) is 1. The molecule has 8 nitrogen and oxygen atoms in total. The monoisotopic (exact) mass is 609 g/mol. The van der Waals surface area contributed by atoms with E-state index >= 15 is 4.39 Å². The van der Waals surface area contributed by atoms with E-state index in [0.29, 0.717) is 66.1 Å². The summed E-state index contributed by atoms with van der Waals surface area (Å²) in [7, 11) is 1.40. The quantitative estimate of drug-likeness (QED) is 0.294. The van der Waals surface area contributed by atoms with Gasteiger partial charge in [-0.1, -0.05) is 13.0 Å². The van der Waals surface area contributed by atoms with Crippen LogP contribution in [0, 0.1) is 11.6 Å². The molecule has 0 bridgehead atoms. The summed E-state index contributed by atoms with van der Waals surface area (Å²) in [5.41, 5.74) is -0.286. The van der Waals surface area contributed by atoms with Crippen molar-refractivity contribution in [2.24, 2.45) is 0 Å². The van der Waals surface area contributed by atoms with Gasteiger partial charge in [0.25, 0.3) is 0 Å². The number of phenols is 1. The molecule has 3 aliphatic heterocycles. The first-order valence-corrected chi connectivity index (χ1v) is 15.3. The van der Waals surface area contributed by atoms with Gasteiger partial charge in [-0.25, -0.2) is 13.2 Å². The summed E-state index contributed by atoms with van der Waals surface area (Å²) in [6, 6.07) is 6.39. The number of benzene rings is 2. The number of anilines is 1. The molecule has 0 amide bonds. The lowest BCUT2D eigenvalue weighted by molar-refractivity contribution is 0.0447. The van der Waals surface area contributed by atoms with Gasteiger partial charge >= 0.3 is 6.01 Å². The van der Waals surface area contributed by atoms with E-state index in [2.05, 4.69) is 19.9 Å². The SMILES string of the molecule is CCc1c(F)ccc2cc(O)cc(-c3ncc4c(N5CCCC(C)(O)C5)nc(OC)nc4c3F)c12.F[C@@H]1CC2CCCN2C1. The number of hydrogen-bond acceptors (Lipinski definition) is 8. The van der Waals surface area contributed by atoms with Gasteiger partial charge < -0.3 is 19.8 Å². The minimum atomic E-state index is -0.907. The number of aromatic nitrogens is 3. The molecule has 4 aromatic rings. The molecule has 3 saturated heterocycles. The summed E-state index contributed by atoms with van der Waals surface area (Å²) < 4.78 is 48.6. The third-order valence-corrected chi connectivity index (χ3v) is 9.02. The third-order valence-electron chi connectivity index (χ3n) is 9.02. The van der Waals surface area contributed by atoms with Crippen LogP contribution in [0.4, 0.5) is 19.0 Å². The van der Waals surface area contributed by atoms with Crippen molar-refractivity contribution in [3.8, 4) is 23.0 Å². The number of alkyl halides is 1. The Morgan fingerprint density at radius 2 is 1.95 bits per heavy atom. The van der Waals surface area contributed by atoms with Crippen molar-refractivity contribution in [1.29, 1.82) is 0 Å². The highest BCUT2D eigenvalue weighted by Gasteiger charge is 2.35. The molecule has 2 N–H and O–H groups in total. The van der Waals surface area contributed by atoms with E-state index < -0.39 is 23.4 Å². The van der Waals surface area contributed by atoms with Crippen LogP contribution in [0.15, 0.2) is 30.5 Å². The molecule has 0 spiro atoms. The number of fused-ring (bicyclic) bond motifs is 3. The number of β-amino-alcohol motifs (C(OH)–C–C–N with tert-alkyl or cyclic N) is 1. The van der Waals surface area contributed by atoms with Gasteiger partial charge in [-0.3, -0.25) is 9.88 Å². The number of aryl methyl sites for hydroxylation is 1. The summed E-state index contributed by atoms with van der Waals surface area (Å²) in [6.45, 7) is 6.38. The average Bonchev–Trinajstić information content (AvgIpc) is 3.57. The van der Waals surface area contributed by atoms with Crippen LogP contribution in [0.1, 0.15) is 51.5 Å². The minimum absolute atomic E-state index is 0.00647.